The molecule has 0 saturated heterocycles. The van der Waals surface area contributed by atoms with E-state index < -0.39 is 0 Å². The van der Waals surface area contributed by atoms with Gasteiger partial charge in [0.05, 0.1) is 0 Å². The molecule has 1 nitrogen and oxygen atoms in total. The van der Waals surface area contributed by atoms with Crippen molar-refractivity contribution in [1.82, 2.24) is 0 Å². The van der Waals surface area contributed by atoms with Gasteiger partial charge >= 0.3 is 0 Å². The summed E-state index contributed by atoms with van der Waals surface area (Å²) in [5.41, 5.74) is 6.62. The van der Waals surface area contributed by atoms with E-state index >= 15 is 0 Å². The van der Waals surface area contributed by atoms with Gasteiger partial charge in [-0.15, -0.1) is 0 Å². The van der Waals surface area contributed by atoms with Crippen molar-refractivity contribution in [2.75, 3.05) is 0 Å². The van der Waals surface area contributed by atoms with Gasteiger partial charge in [0.1, 0.15) is 0 Å². The molecule has 66 valence electrons. The molecule has 0 aliphatic heterocycles. The molecule has 4 aliphatic carbocycles. The minimum absolute atomic E-state index is 0. The Morgan fingerprint density at radius 2 is 1.17 bits per heavy atom. The van der Waals surface area contributed by atoms with Crippen molar-refractivity contribution in [3.05, 3.63) is 0 Å². The third-order valence-corrected chi connectivity index (χ3v) is 4.09. The molecule has 12 heavy (non-hydrogen) atoms. The summed E-state index contributed by atoms with van der Waals surface area (Å²) < 4.78 is 0. The maximum absolute atomic E-state index is 6.32. The van der Waals surface area contributed by atoms with Gasteiger partial charge in [-0.05, 0) is 56.3 Å². The average Bonchev–Trinajstić information content (AvgIpc) is 1.79. The van der Waals surface area contributed by atoms with E-state index in [1.54, 1.807) is 0 Å². The number of hydrogen-bond acceptors (Lipinski definition) is 1. The summed E-state index contributed by atoms with van der Waals surface area (Å²) in [6.07, 6.45) is 8.57. The number of hydrogen-bond donors (Lipinski definition) is 1. The normalized spacial score (nSPS) is 55.2. The molecule has 0 unspecified atom stereocenters. The van der Waals surface area contributed by atoms with Gasteiger partial charge in [0.15, 0.2) is 0 Å². The van der Waals surface area contributed by atoms with Crippen LogP contribution in [0.5, 0.6) is 0 Å². The Morgan fingerprint density at radius 1 is 0.833 bits per heavy atom. The smallest absolute Gasteiger partial charge is 0.0162 e. The molecule has 2 heteroatoms. The minimum Gasteiger partial charge on any atom is -0.325 e. The van der Waals surface area contributed by atoms with Crippen LogP contribution in [0.15, 0.2) is 0 Å². The van der Waals surface area contributed by atoms with Gasteiger partial charge in [0.2, 0.25) is 0 Å². The van der Waals surface area contributed by atoms with Crippen LogP contribution in [0.2, 0.25) is 0 Å². The Hall–Kier alpha value is 0.674. The second kappa shape index (κ2) is 2.83. The molecule has 0 amide bonds. The molecule has 4 fully saturated rings. The maximum Gasteiger partial charge on any atom is 0.0162 e. The summed E-state index contributed by atoms with van der Waals surface area (Å²) in [4.78, 5) is 0. The van der Waals surface area contributed by atoms with Crippen LogP contribution in [0.1, 0.15) is 38.5 Å². The fourth-order valence-corrected chi connectivity index (χ4v) is 4.18. The topological polar surface area (TPSA) is 26.0 Å². The number of nitrogens with two attached hydrogens (primary N) is 1. The van der Waals surface area contributed by atoms with Crippen LogP contribution in [-0.4, -0.2) is 5.54 Å². The molecule has 0 aromatic carbocycles. The molecule has 0 radical (unpaired) electrons. The molecule has 0 aromatic heterocycles. The van der Waals surface area contributed by atoms with Crippen LogP contribution in [0, 0.1) is 17.8 Å². The van der Waals surface area contributed by atoms with E-state index in [0.717, 1.165) is 17.8 Å². The SMILES string of the molecule is NC12CC3CC(CC(C3)C1)C2.[Ti]. The zero-order chi connectivity index (χ0) is 7.47. The third kappa shape index (κ3) is 1.30. The van der Waals surface area contributed by atoms with Crippen molar-refractivity contribution in [3.63, 3.8) is 0 Å². The van der Waals surface area contributed by atoms with E-state index in [-0.39, 0.29) is 21.7 Å². The van der Waals surface area contributed by atoms with Gasteiger partial charge < -0.3 is 5.73 Å². The molecule has 0 atom stereocenters. The van der Waals surface area contributed by atoms with Crippen molar-refractivity contribution in [1.29, 1.82) is 0 Å². The Morgan fingerprint density at radius 3 is 1.42 bits per heavy atom. The van der Waals surface area contributed by atoms with E-state index in [1.807, 2.05) is 0 Å². The Labute approximate surface area is 89.4 Å². The molecule has 4 rings (SSSR count). The Balaban J connectivity index is 0.000000563. The first-order valence-electron chi connectivity index (χ1n) is 5.02. The Kier molecular flexibility index (Phi) is 2.18. The zero-order valence-corrected chi connectivity index (χ0v) is 9.11. The van der Waals surface area contributed by atoms with E-state index in [0.29, 0.717) is 5.54 Å². The van der Waals surface area contributed by atoms with E-state index in [4.69, 9.17) is 5.73 Å². The van der Waals surface area contributed by atoms with Crippen molar-refractivity contribution in [3.8, 4) is 0 Å². The van der Waals surface area contributed by atoms with Crippen molar-refractivity contribution in [2.45, 2.75) is 44.1 Å². The third-order valence-electron chi connectivity index (χ3n) is 4.09. The van der Waals surface area contributed by atoms with Gasteiger partial charge in [0, 0.05) is 27.3 Å². The van der Waals surface area contributed by atoms with Crippen LogP contribution in [0.25, 0.3) is 0 Å². The monoisotopic (exact) mass is 199 g/mol. The first-order valence-corrected chi connectivity index (χ1v) is 5.02. The first kappa shape index (κ1) is 9.24. The number of rotatable bonds is 0. The van der Waals surface area contributed by atoms with Crippen LogP contribution in [0.4, 0.5) is 0 Å². The molecule has 4 saturated carbocycles. The van der Waals surface area contributed by atoms with Gasteiger partial charge in [-0.3, -0.25) is 0 Å². The van der Waals surface area contributed by atoms with Crippen LogP contribution >= 0.6 is 0 Å². The summed E-state index contributed by atoms with van der Waals surface area (Å²) in [6.45, 7) is 0. The summed E-state index contributed by atoms with van der Waals surface area (Å²) in [5.74, 6) is 3.06. The van der Waals surface area contributed by atoms with Gasteiger partial charge in [-0.2, -0.15) is 0 Å². The fraction of sp³-hybridized carbons (Fsp3) is 1.00. The summed E-state index contributed by atoms with van der Waals surface area (Å²) in [7, 11) is 0. The molecule has 0 aromatic rings. The summed E-state index contributed by atoms with van der Waals surface area (Å²) >= 11 is 0. The van der Waals surface area contributed by atoms with Gasteiger partial charge in [0.25, 0.3) is 0 Å². The van der Waals surface area contributed by atoms with E-state index in [2.05, 4.69) is 0 Å². The zero-order valence-electron chi connectivity index (χ0n) is 7.55. The predicted molar refractivity (Wildman–Crippen MR) is 45.1 cm³/mol. The molecule has 4 bridgehead atoms. The maximum atomic E-state index is 6.32. The molecule has 0 heterocycles. The van der Waals surface area contributed by atoms with Crippen LogP contribution in [-0.2, 0) is 21.7 Å². The van der Waals surface area contributed by atoms with Crippen LogP contribution < -0.4 is 5.73 Å². The molecular formula is C10H17NTi. The second-order valence-corrected chi connectivity index (χ2v) is 5.28. The predicted octanol–water partition coefficient (Wildman–Crippen LogP) is 1.91. The molecule has 2 N–H and O–H groups in total. The Bertz CT molecular complexity index is 155. The quantitative estimate of drug-likeness (QED) is 0.592. The average molecular weight is 199 g/mol. The fourth-order valence-electron chi connectivity index (χ4n) is 4.18. The van der Waals surface area contributed by atoms with Crippen molar-refractivity contribution >= 4 is 0 Å². The standard InChI is InChI=1S/C10H17N.Ti/c11-10-4-7-1-8(5-10)3-9(2-7)6-10;/h7-9H,1-6,11H2;. The largest absolute Gasteiger partial charge is 0.325 e. The van der Waals surface area contributed by atoms with Gasteiger partial charge in [-0.1, -0.05) is 0 Å². The second-order valence-electron chi connectivity index (χ2n) is 5.28. The van der Waals surface area contributed by atoms with Gasteiger partial charge in [-0.25, -0.2) is 0 Å². The molecule has 0 spiro atoms. The van der Waals surface area contributed by atoms with E-state index in [9.17, 15) is 0 Å². The summed E-state index contributed by atoms with van der Waals surface area (Å²) in [5, 5.41) is 0. The molecule has 4 aliphatic rings. The van der Waals surface area contributed by atoms with Crippen LogP contribution in [0.3, 0.4) is 0 Å². The minimum atomic E-state index is 0. The summed E-state index contributed by atoms with van der Waals surface area (Å²) in [6, 6.07) is 0. The first-order chi connectivity index (χ1) is 5.23. The van der Waals surface area contributed by atoms with E-state index in [1.165, 1.54) is 38.5 Å². The molecular weight excluding hydrogens is 182 g/mol. The van der Waals surface area contributed by atoms with Crippen molar-refractivity contribution in [2.24, 2.45) is 23.5 Å². The van der Waals surface area contributed by atoms with Crippen molar-refractivity contribution < 1.29 is 21.7 Å².